The molecule has 1 nitrogen and oxygen atoms in total. The molecule has 0 aromatic rings. The Balaban J connectivity index is 3.40. The number of hydrogen-bond donors (Lipinski definition) is 0. The molecule has 0 aromatic heterocycles. The summed E-state index contributed by atoms with van der Waals surface area (Å²) in [7, 11) is 0. The van der Waals surface area contributed by atoms with Gasteiger partial charge < -0.3 is 0 Å². The lowest BCUT2D eigenvalue weighted by molar-refractivity contribution is -0.109. The van der Waals surface area contributed by atoms with Gasteiger partial charge in [-0.15, -0.1) is 0 Å². The van der Waals surface area contributed by atoms with Gasteiger partial charge >= 0.3 is 0 Å². The van der Waals surface area contributed by atoms with Crippen molar-refractivity contribution in [2.45, 2.75) is 46.0 Å². The van der Waals surface area contributed by atoms with E-state index >= 15 is 0 Å². The molecule has 0 aromatic carbocycles. The Kier molecular flexibility index (Phi) is 14.2. The van der Waals surface area contributed by atoms with Crippen LogP contribution in [0.2, 0.25) is 0 Å². The summed E-state index contributed by atoms with van der Waals surface area (Å²) in [6, 6.07) is 0. The molecule has 0 spiro atoms. The first-order valence-corrected chi connectivity index (χ1v) is 7.99. The zero-order chi connectivity index (χ0) is 14.2. The molecule has 0 saturated carbocycles. The van der Waals surface area contributed by atoms with Crippen LogP contribution in [0.5, 0.6) is 0 Å². The van der Waals surface area contributed by atoms with Crippen molar-refractivity contribution in [1.29, 1.82) is 0 Å². The van der Waals surface area contributed by atoms with Gasteiger partial charge in [0.25, 0.3) is 0 Å². The standard InChI is InChI=1S/C17H26OS/c1-3-4-5-6-7-8-9-10-11-12-13-14-15-16-19-17(2)18/h4-5,7-8,10-11,13-14H,3,6,9,12,15-16H2,1-2H3. The van der Waals surface area contributed by atoms with E-state index in [2.05, 4.69) is 55.5 Å². The summed E-state index contributed by atoms with van der Waals surface area (Å²) in [5, 5.41) is 0.203. The third-order valence-electron chi connectivity index (χ3n) is 2.31. The number of allylic oxidation sites excluding steroid dienone is 8. The maximum atomic E-state index is 10.7. The number of thioether (sulfide) groups is 1. The molecule has 0 radical (unpaired) electrons. The van der Waals surface area contributed by atoms with Crippen molar-refractivity contribution >= 4 is 16.9 Å². The first-order chi connectivity index (χ1) is 9.27. The lowest BCUT2D eigenvalue weighted by atomic mass is 10.2. The Hall–Kier alpha value is -1.02. The summed E-state index contributed by atoms with van der Waals surface area (Å²) in [5.41, 5.74) is 0. The Morgan fingerprint density at radius 2 is 1.32 bits per heavy atom. The molecule has 0 rings (SSSR count). The van der Waals surface area contributed by atoms with Gasteiger partial charge in [0.2, 0.25) is 0 Å². The van der Waals surface area contributed by atoms with Gasteiger partial charge in [0.05, 0.1) is 0 Å². The summed E-state index contributed by atoms with van der Waals surface area (Å²) in [6.45, 7) is 3.76. The van der Waals surface area contributed by atoms with E-state index in [1.165, 1.54) is 11.8 Å². The van der Waals surface area contributed by atoms with Crippen LogP contribution in [0.25, 0.3) is 0 Å². The molecular weight excluding hydrogens is 252 g/mol. The van der Waals surface area contributed by atoms with E-state index < -0.39 is 0 Å². The minimum Gasteiger partial charge on any atom is -0.288 e. The van der Waals surface area contributed by atoms with E-state index in [9.17, 15) is 4.79 Å². The number of hydrogen-bond acceptors (Lipinski definition) is 2. The quantitative estimate of drug-likeness (QED) is 0.390. The minimum absolute atomic E-state index is 0.203. The van der Waals surface area contributed by atoms with Gasteiger partial charge in [-0.3, -0.25) is 4.79 Å². The Morgan fingerprint density at radius 3 is 1.79 bits per heavy atom. The predicted octanol–water partition coefficient (Wildman–Crippen LogP) is 5.46. The zero-order valence-electron chi connectivity index (χ0n) is 12.2. The highest BCUT2D eigenvalue weighted by molar-refractivity contribution is 8.13. The van der Waals surface area contributed by atoms with Crippen LogP contribution in [-0.2, 0) is 4.79 Å². The first kappa shape index (κ1) is 18.0. The van der Waals surface area contributed by atoms with Crippen LogP contribution in [0, 0.1) is 0 Å². The van der Waals surface area contributed by atoms with Crippen molar-refractivity contribution in [3.05, 3.63) is 48.6 Å². The van der Waals surface area contributed by atoms with Crippen LogP contribution in [0.15, 0.2) is 48.6 Å². The molecule has 0 atom stereocenters. The largest absolute Gasteiger partial charge is 0.288 e. The number of carbonyl (C=O) groups is 1. The highest BCUT2D eigenvalue weighted by atomic mass is 32.2. The summed E-state index contributed by atoms with van der Waals surface area (Å²) in [5.74, 6) is 0.892. The van der Waals surface area contributed by atoms with Gasteiger partial charge in [-0.1, -0.05) is 67.3 Å². The second-order valence-electron chi connectivity index (χ2n) is 4.13. The summed E-state index contributed by atoms with van der Waals surface area (Å²) in [6.07, 6.45) is 22.6. The third kappa shape index (κ3) is 17.0. The molecule has 0 heterocycles. The smallest absolute Gasteiger partial charge is 0.185 e. The fourth-order valence-corrected chi connectivity index (χ4v) is 1.91. The highest BCUT2D eigenvalue weighted by Crippen LogP contribution is 2.03. The molecule has 106 valence electrons. The van der Waals surface area contributed by atoms with Crippen LogP contribution >= 0.6 is 11.8 Å². The van der Waals surface area contributed by atoms with Crippen LogP contribution < -0.4 is 0 Å². The molecule has 0 N–H and O–H groups in total. The van der Waals surface area contributed by atoms with Gasteiger partial charge in [0.15, 0.2) is 5.12 Å². The predicted molar refractivity (Wildman–Crippen MR) is 88.5 cm³/mol. The normalized spacial score (nSPS) is 12.5. The van der Waals surface area contributed by atoms with E-state index in [4.69, 9.17) is 0 Å². The average Bonchev–Trinajstić information content (AvgIpc) is 2.39. The molecule has 2 heteroatoms. The SMILES string of the molecule is CCC=CCC=CCC=CCC=CCCSC(C)=O. The first-order valence-electron chi connectivity index (χ1n) is 7.00. The van der Waals surface area contributed by atoms with E-state index in [0.29, 0.717) is 0 Å². The maximum absolute atomic E-state index is 10.7. The maximum Gasteiger partial charge on any atom is 0.185 e. The van der Waals surface area contributed by atoms with E-state index in [1.54, 1.807) is 6.92 Å². The molecule has 0 aliphatic rings. The van der Waals surface area contributed by atoms with E-state index in [-0.39, 0.29) is 5.12 Å². The van der Waals surface area contributed by atoms with Crippen molar-refractivity contribution in [1.82, 2.24) is 0 Å². The summed E-state index contributed by atoms with van der Waals surface area (Å²) < 4.78 is 0. The Morgan fingerprint density at radius 1 is 0.842 bits per heavy atom. The monoisotopic (exact) mass is 278 g/mol. The lowest BCUT2D eigenvalue weighted by Gasteiger charge is -1.90. The fraction of sp³-hybridized carbons (Fsp3) is 0.471. The molecule has 0 amide bonds. The molecule has 0 unspecified atom stereocenters. The van der Waals surface area contributed by atoms with Crippen LogP contribution in [0.3, 0.4) is 0 Å². The highest BCUT2D eigenvalue weighted by Gasteiger charge is 1.89. The van der Waals surface area contributed by atoms with Crippen molar-refractivity contribution < 1.29 is 4.79 Å². The van der Waals surface area contributed by atoms with Gasteiger partial charge in [-0.25, -0.2) is 0 Å². The van der Waals surface area contributed by atoms with Gasteiger partial charge in [-0.05, 0) is 32.1 Å². The molecule has 0 saturated heterocycles. The molecule has 19 heavy (non-hydrogen) atoms. The second-order valence-corrected chi connectivity index (χ2v) is 5.40. The Labute approximate surface area is 122 Å². The minimum atomic E-state index is 0.203. The number of rotatable bonds is 10. The van der Waals surface area contributed by atoms with Crippen molar-refractivity contribution in [2.75, 3.05) is 5.75 Å². The molecular formula is C17H26OS. The van der Waals surface area contributed by atoms with Gasteiger partial charge in [-0.2, -0.15) is 0 Å². The van der Waals surface area contributed by atoms with Crippen LogP contribution in [-0.4, -0.2) is 10.9 Å². The lowest BCUT2D eigenvalue weighted by Crippen LogP contribution is -1.83. The van der Waals surface area contributed by atoms with Crippen molar-refractivity contribution in [3.63, 3.8) is 0 Å². The number of carbonyl (C=O) groups excluding carboxylic acids is 1. The summed E-state index contributed by atoms with van der Waals surface area (Å²) in [4.78, 5) is 10.7. The third-order valence-corrected chi connectivity index (χ3v) is 3.16. The summed E-state index contributed by atoms with van der Waals surface area (Å²) >= 11 is 1.39. The molecule has 0 fully saturated rings. The van der Waals surface area contributed by atoms with E-state index in [0.717, 1.165) is 37.9 Å². The topological polar surface area (TPSA) is 17.1 Å². The average molecular weight is 278 g/mol. The van der Waals surface area contributed by atoms with Crippen LogP contribution in [0.1, 0.15) is 46.0 Å². The second kappa shape index (κ2) is 15.0. The molecule has 0 aliphatic carbocycles. The zero-order valence-corrected chi connectivity index (χ0v) is 13.0. The Bertz CT molecular complexity index is 324. The van der Waals surface area contributed by atoms with E-state index in [1.807, 2.05) is 0 Å². The van der Waals surface area contributed by atoms with Gasteiger partial charge in [0.1, 0.15) is 0 Å². The van der Waals surface area contributed by atoms with Crippen LogP contribution in [0.4, 0.5) is 0 Å². The molecule has 0 aliphatic heterocycles. The van der Waals surface area contributed by atoms with Gasteiger partial charge in [0, 0.05) is 12.7 Å². The van der Waals surface area contributed by atoms with Crippen molar-refractivity contribution in [2.24, 2.45) is 0 Å². The van der Waals surface area contributed by atoms with Crippen molar-refractivity contribution in [3.8, 4) is 0 Å². The fourth-order valence-electron chi connectivity index (χ4n) is 1.37. The molecule has 0 bridgehead atoms.